The van der Waals surface area contributed by atoms with Gasteiger partial charge in [0.05, 0.1) is 7.11 Å². The van der Waals surface area contributed by atoms with Gasteiger partial charge in [0, 0.05) is 44.0 Å². The summed E-state index contributed by atoms with van der Waals surface area (Å²) in [6.07, 6.45) is 0. The highest BCUT2D eigenvalue weighted by Gasteiger charge is 2.27. The van der Waals surface area contributed by atoms with E-state index >= 15 is 0 Å². The standard InChI is InChI=1S/C21H25F2N3O3/c1-15-13-25(14-16-6-4-3-5-7-16)10-11-26(15)21(27)24-17-8-9-18(28-2)19(12-17)29-20(22)23/h3-9,12,15,20H,10-11,13-14H2,1-2H3,(H,24,27)/t15-/m1/s1. The average molecular weight is 405 g/mol. The molecule has 8 heteroatoms. The lowest BCUT2D eigenvalue weighted by atomic mass is 10.1. The summed E-state index contributed by atoms with van der Waals surface area (Å²) < 4.78 is 34.7. The molecule has 1 heterocycles. The van der Waals surface area contributed by atoms with Crippen molar-refractivity contribution in [2.45, 2.75) is 26.1 Å². The second-order valence-electron chi connectivity index (χ2n) is 6.94. The zero-order valence-electron chi connectivity index (χ0n) is 16.5. The van der Waals surface area contributed by atoms with E-state index < -0.39 is 6.61 Å². The molecule has 0 aromatic heterocycles. The van der Waals surface area contributed by atoms with Crippen LogP contribution in [0.4, 0.5) is 19.3 Å². The maximum absolute atomic E-state index is 12.7. The second-order valence-corrected chi connectivity index (χ2v) is 6.94. The van der Waals surface area contributed by atoms with Gasteiger partial charge in [-0.05, 0) is 24.6 Å². The van der Waals surface area contributed by atoms with Crippen molar-refractivity contribution in [3.8, 4) is 11.5 Å². The molecule has 156 valence electrons. The lowest BCUT2D eigenvalue weighted by Crippen LogP contribution is -2.54. The molecular formula is C21H25F2N3O3. The Kier molecular flexibility index (Phi) is 6.87. The van der Waals surface area contributed by atoms with Crippen molar-refractivity contribution in [1.29, 1.82) is 0 Å². The van der Waals surface area contributed by atoms with Crippen LogP contribution in [0.5, 0.6) is 11.5 Å². The van der Waals surface area contributed by atoms with Crippen molar-refractivity contribution >= 4 is 11.7 Å². The highest BCUT2D eigenvalue weighted by Crippen LogP contribution is 2.31. The van der Waals surface area contributed by atoms with E-state index in [0.717, 1.165) is 19.6 Å². The van der Waals surface area contributed by atoms with Gasteiger partial charge in [-0.25, -0.2) is 4.79 Å². The molecule has 0 spiro atoms. The zero-order valence-corrected chi connectivity index (χ0v) is 16.5. The second kappa shape index (κ2) is 9.56. The minimum absolute atomic E-state index is 0.0162. The Morgan fingerprint density at radius 1 is 1.17 bits per heavy atom. The number of benzene rings is 2. The first-order valence-corrected chi connectivity index (χ1v) is 9.43. The van der Waals surface area contributed by atoms with Crippen LogP contribution in [0.25, 0.3) is 0 Å². The topological polar surface area (TPSA) is 54.0 Å². The number of carbonyl (C=O) groups is 1. The molecule has 1 aliphatic heterocycles. The van der Waals surface area contributed by atoms with Crippen LogP contribution < -0.4 is 14.8 Å². The summed E-state index contributed by atoms with van der Waals surface area (Å²) >= 11 is 0. The van der Waals surface area contributed by atoms with Gasteiger partial charge in [0.2, 0.25) is 0 Å². The number of anilines is 1. The fraction of sp³-hybridized carbons (Fsp3) is 0.381. The number of alkyl halides is 2. The molecule has 0 radical (unpaired) electrons. The first-order valence-electron chi connectivity index (χ1n) is 9.43. The van der Waals surface area contributed by atoms with E-state index in [4.69, 9.17) is 4.74 Å². The number of urea groups is 1. The van der Waals surface area contributed by atoms with Gasteiger partial charge in [-0.15, -0.1) is 0 Å². The minimum atomic E-state index is -2.98. The third-order valence-electron chi connectivity index (χ3n) is 4.85. The van der Waals surface area contributed by atoms with Crippen molar-refractivity contribution in [3.63, 3.8) is 0 Å². The van der Waals surface area contributed by atoms with Crippen LogP contribution >= 0.6 is 0 Å². The molecule has 1 atom stereocenters. The number of amides is 2. The van der Waals surface area contributed by atoms with Gasteiger partial charge in [0.15, 0.2) is 11.5 Å². The predicted octanol–water partition coefficient (Wildman–Crippen LogP) is 4.03. The molecule has 0 aliphatic carbocycles. The van der Waals surface area contributed by atoms with Crippen molar-refractivity contribution < 1.29 is 23.0 Å². The zero-order chi connectivity index (χ0) is 20.8. The summed E-state index contributed by atoms with van der Waals surface area (Å²) in [7, 11) is 1.36. The summed E-state index contributed by atoms with van der Waals surface area (Å²) in [5.41, 5.74) is 1.60. The molecule has 2 amide bonds. The Bertz CT molecular complexity index is 820. The Hall–Kier alpha value is -2.87. The Labute approximate surface area is 169 Å². The van der Waals surface area contributed by atoms with Gasteiger partial charge < -0.3 is 19.7 Å². The summed E-state index contributed by atoms with van der Waals surface area (Å²) in [4.78, 5) is 16.8. The number of nitrogens with one attached hydrogen (secondary N) is 1. The average Bonchev–Trinajstić information content (AvgIpc) is 2.68. The molecule has 6 nitrogen and oxygen atoms in total. The number of piperazine rings is 1. The van der Waals surface area contributed by atoms with E-state index in [1.54, 1.807) is 11.0 Å². The van der Waals surface area contributed by atoms with Crippen LogP contribution in [0, 0.1) is 0 Å². The normalized spacial score (nSPS) is 17.3. The molecule has 0 saturated carbocycles. The predicted molar refractivity (Wildman–Crippen MR) is 107 cm³/mol. The van der Waals surface area contributed by atoms with Crippen molar-refractivity contribution in [3.05, 3.63) is 54.1 Å². The Morgan fingerprint density at radius 3 is 2.59 bits per heavy atom. The molecule has 29 heavy (non-hydrogen) atoms. The van der Waals surface area contributed by atoms with Gasteiger partial charge in [-0.2, -0.15) is 8.78 Å². The summed E-state index contributed by atoms with van der Waals surface area (Å²) in [5.74, 6) is 0.0484. The molecule has 3 rings (SSSR count). The van der Waals surface area contributed by atoms with E-state index in [1.165, 1.54) is 24.8 Å². The highest BCUT2D eigenvalue weighted by atomic mass is 19.3. The van der Waals surface area contributed by atoms with Crippen LogP contribution in [0.3, 0.4) is 0 Å². The smallest absolute Gasteiger partial charge is 0.387 e. The van der Waals surface area contributed by atoms with Crippen LogP contribution in [0.2, 0.25) is 0 Å². The number of hydrogen-bond donors (Lipinski definition) is 1. The molecule has 1 fully saturated rings. The molecule has 1 aliphatic rings. The van der Waals surface area contributed by atoms with Gasteiger partial charge in [-0.3, -0.25) is 4.90 Å². The number of halogens is 2. The van der Waals surface area contributed by atoms with E-state index in [2.05, 4.69) is 27.1 Å². The lowest BCUT2D eigenvalue weighted by molar-refractivity contribution is -0.0511. The quantitative estimate of drug-likeness (QED) is 0.788. The van der Waals surface area contributed by atoms with Gasteiger partial charge in [0.25, 0.3) is 0 Å². The van der Waals surface area contributed by atoms with Crippen molar-refractivity contribution in [2.75, 3.05) is 32.1 Å². The highest BCUT2D eigenvalue weighted by molar-refractivity contribution is 5.90. The molecule has 1 N–H and O–H groups in total. The largest absolute Gasteiger partial charge is 0.493 e. The van der Waals surface area contributed by atoms with Crippen LogP contribution in [0.15, 0.2) is 48.5 Å². The van der Waals surface area contributed by atoms with Crippen molar-refractivity contribution in [1.82, 2.24) is 9.80 Å². The van der Waals surface area contributed by atoms with Crippen LogP contribution in [0.1, 0.15) is 12.5 Å². The molecule has 0 unspecified atom stereocenters. The number of nitrogens with zero attached hydrogens (tertiary/aromatic N) is 2. The maximum atomic E-state index is 12.7. The summed E-state index contributed by atoms with van der Waals surface area (Å²) in [6.45, 7) is 1.95. The molecular weight excluding hydrogens is 380 g/mol. The summed E-state index contributed by atoms with van der Waals surface area (Å²) in [5, 5.41) is 2.76. The Balaban J connectivity index is 1.60. The minimum Gasteiger partial charge on any atom is -0.493 e. The van der Waals surface area contributed by atoms with Gasteiger partial charge in [-0.1, -0.05) is 30.3 Å². The Morgan fingerprint density at radius 2 is 1.93 bits per heavy atom. The third kappa shape index (κ3) is 5.57. The number of ether oxygens (including phenoxy) is 2. The van der Waals surface area contributed by atoms with Crippen LogP contribution in [-0.2, 0) is 6.54 Å². The fourth-order valence-electron chi connectivity index (χ4n) is 3.46. The first-order chi connectivity index (χ1) is 14.0. The van der Waals surface area contributed by atoms with E-state index in [9.17, 15) is 13.6 Å². The SMILES string of the molecule is COc1ccc(NC(=O)N2CCN(Cc3ccccc3)C[C@H]2C)cc1OC(F)F. The summed E-state index contributed by atoms with van der Waals surface area (Å²) in [6, 6.07) is 14.4. The van der Waals surface area contributed by atoms with E-state index in [0.29, 0.717) is 12.2 Å². The van der Waals surface area contributed by atoms with Crippen LogP contribution in [-0.4, -0.2) is 55.2 Å². The molecule has 0 bridgehead atoms. The third-order valence-corrected chi connectivity index (χ3v) is 4.85. The number of methoxy groups -OCH3 is 1. The monoisotopic (exact) mass is 405 g/mol. The number of rotatable bonds is 6. The fourth-order valence-corrected chi connectivity index (χ4v) is 3.46. The van der Waals surface area contributed by atoms with Gasteiger partial charge >= 0.3 is 12.6 Å². The number of hydrogen-bond acceptors (Lipinski definition) is 4. The molecule has 2 aromatic carbocycles. The number of carbonyl (C=O) groups excluding carboxylic acids is 1. The first kappa shape index (κ1) is 20.9. The maximum Gasteiger partial charge on any atom is 0.387 e. The van der Waals surface area contributed by atoms with Gasteiger partial charge in [0.1, 0.15) is 0 Å². The lowest BCUT2D eigenvalue weighted by Gasteiger charge is -2.39. The van der Waals surface area contributed by atoms with Crippen molar-refractivity contribution in [2.24, 2.45) is 0 Å². The molecule has 2 aromatic rings. The van der Waals surface area contributed by atoms with E-state index in [1.807, 2.05) is 25.1 Å². The molecule has 1 saturated heterocycles. The van der Waals surface area contributed by atoms with E-state index in [-0.39, 0.29) is 23.6 Å².